The largest absolute Gasteiger partial charge is 0.497 e. The van der Waals surface area contributed by atoms with E-state index in [1.807, 2.05) is 41.8 Å². The molecule has 0 saturated heterocycles. The molecule has 0 fully saturated rings. The van der Waals surface area contributed by atoms with Gasteiger partial charge in [0.15, 0.2) is 11.0 Å². The lowest BCUT2D eigenvalue weighted by molar-refractivity contribution is -0.385. The molecule has 6 rings (SSSR count). The molecule has 2 aromatic heterocycles. The van der Waals surface area contributed by atoms with Crippen LogP contribution in [-0.4, -0.2) is 55.1 Å². The number of amides is 2. The summed E-state index contributed by atoms with van der Waals surface area (Å²) in [6, 6.07) is 21.1. The van der Waals surface area contributed by atoms with Crippen LogP contribution in [0.3, 0.4) is 0 Å². The van der Waals surface area contributed by atoms with E-state index in [1.54, 1.807) is 35.1 Å². The van der Waals surface area contributed by atoms with Crippen LogP contribution >= 0.6 is 23.1 Å². The first-order valence-electron chi connectivity index (χ1n) is 14.7. The van der Waals surface area contributed by atoms with Crippen molar-refractivity contribution >= 4 is 46.3 Å². The topological polar surface area (TPSA) is 145 Å². The molecule has 12 nitrogen and oxygen atoms in total. The van der Waals surface area contributed by atoms with E-state index in [1.165, 1.54) is 42.3 Å². The normalized spacial score (nSPS) is 14.1. The fourth-order valence-corrected chi connectivity index (χ4v) is 6.83. The lowest BCUT2D eigenvalue weighted by atomic mass is 10.0. The molecule has 244 valence electrons. The average molecular weight is 686 g/mol. The minimum absolute atomic E-state index is 0.0353. The van der Waals surface area contributed by atoms with Crippen LogP contribution in [0, 0.1) is 22.9 Å². The molecule has 0 spiro atoms. The van der Waals surface area contributed by atoms with E-state index in [4.69, 9.17) is 9.84 Å². The number of rotatable bonds is 11. The number of nitro groups is 1. The number of nitrogens with one attached hydrogen (secondary N) is 1. The van der Waals surface area contributed by atoms with Gasteiger partial charge in [0.2, 0.25) is 0 Å². The van der Waals surface area contributed by atoms with Crippen molar-refractivity contribution in [3.05, 3.63) is 128 Å². The number of carbonyl (C=O) groups excluding carboxylic acids is 2. The van der Waals surface area contributed by atoms with Gasteiger partial charge in [-0.2, -0.15) is 5.10 Å². The summed E-state index contributed by atoms with van der Waals surface area (Å²) in [5.74, 6) is -0.249. The summed E-state index contributed by atoms with van der Waals surface area (Å²) in [6.07, 6.45) is 0.545. The van der Waals surface area contributed by atoms with Crippen LogP contribution in [0.2, 0.25) is 0 Å². The smallest absolute Gasteiger partial charge is 0.273 e. The number of methoxy groups -OCH3 is 1. The molecule has 0 radical (unpaired) electrons. The van der Waals surface area contributed by atoms with Crippen LogP contribution in [0.15, 0.2) is 94.5 Å². The fourth-order valence-electron chi connectivity index (χ4n) is 5.29. The van der Waals surface area contributed by atoms with Gasteiger partial charge in [-0.25, -0.2) is 9.40 Å². The Morgan fingerprint density at radius 3 is 2.54 bits per heavy atom. The second kappa shape index (κ2) is 14.1. The Hall–Kier alpha value is -5.41. The number of hydrogen-bond acceptors (Lipinski definition) is 10. The van der Waals surface area contributed by atoms with Crippen molar-refractivity contribution < 1.29 is 23.6 Å². The number of carbonyl (C=O) groups is 2. The summed E-state index contributed by atoms with van der Waals surface area (Å²) in [5, 5.41) is 31.2. The number of benzene rings is 3. The molecule has 1 atom stereocenters. The Kier molecular flexibility index (Phi) is 9.59. The predicted octanol–water partition coefficient (Wildman–Crippen LogP) is 6.09. The van der Waals surface area contributed by atoms with Crippen molar-refractivity contribution in [1.29, 1.82) is 0 Å². The number of halogens is 1. The average Bonchev–Trinajstić information content (AvgIpc) is 3.87. The van der Waals surface area contributed by atoms with E-state index in [2.05, 4.69) is 15.5 Å². The maximum Gasteiger partial charge on any atom is 0.273 e. The first kappa shape index (κ1) is 32.5. The minimum atomic E-state index is -0.544. The van der Waals surface area contributed by atoms with E-state index in [0.29, 0.717) is 28.8 Å². The van der Waals surface area contributed by atoms with Gasteiger partial charge >= 0.3 is 0 Å². The highest BCUT2D eigenvalue weighted by atomic mass is 32.2. The highest BCUT2D eigenvalue weighted by molar-refractivity contribution is 7.99. The molecular weight excluding hydrogens is 658 g/mol. The zero-order chi connectivity index (χ0) is 33.8. The molecule has 48 heavy (non-hydrogen) atoms. The Balaban J connectivity index is 1.24. The Morgan fingerprint density at radius 2 is 1.85 bits per heavy atom. The highest BCUT2D eigenvalue weighted by Gasteiger charge is 2.34. The third-order valence-corrected chi connectivity index (χ3v) is 9.57. The number of thioether (sulfide) groups is 1. The number of aromatic nitrogens is 3. The SMILES string of the molecule is COc1ccc([C@@H]2CC(c3cccs3)=NN2C(=O)CSc2nnc(CNC(=O)c3cccc([N+](=O)[O-])c3C)n2-c2ccc(F)cc2)cc1. The summed E-state index contributed by atoms with van der Waals surface area (Å²) in [6.45, 7) is 1.41. The molecule has 3 heterocycles. The zero-order valence-electron chi connectivity index (χ0n) is 25.7. The van der Waals surface area contributed by atoms with E-state index in [9.17, 15) is 24.1 Å². The standard InChI is InChI=1S/C33H28FN7O5S2/c1-20-25(5-3-6-27(20)41(44)45)32(43)35-18-30-36-37-33(39(30)23-12-10-22(34)11-13-23)48-19-31(42)40-28(21-8-14-24(46-2)15-9-21)17-26(38-40)29-7-4-16-47-29/h3-16,28H,17-19H2,1-2H3,(H,35,43)/t28-/m0/s1. The molecule has 0 aliphatic carbocycles. The van der Waals surface area contributed by atoms with Crippen molar-refractivity contribution in [2.24, 2.45) is 5.10 Å². The molecule has 3 aromatic carbocycles. The molecule has 15 heteroatoms. The number of ether oxygens (including phenoxy) is 1. The molecule has 2 amide bonds. The quantitative estimate of drug-likeness (QED) is 0.0999. The molecule has 0 unspecified atom stereocenters. The molecule has 0 bridgehead atoms. The number of thiophene rings is 1. The summed E-state index contributed by atoms with van der Waals surface area (Å²) < 4.78 is 20.8. The van der Waals surface area contributed by atoms with Crippen LogP contribution in [0.5, 0.6) is 5.75 Å². The van der Waals surface area contributed by atoms with Gasteiger partial charge in [-0.1, -0.05) is 36.0 Å². The lowest BCUT2D eigenvalue weighted by Gasteiger charge is -2.22. The number of nitro benzene ring substituents is 1. The molecular formula is C33H28FN7O5S2. The second-order valence-corrected chi connectivity index (χ2v) is 12.5. The maximum absolute atomic E-state index is 13.9. The second-order valence-electron chi connectivity index (χ2n) is 10.6. The monoisotopic (exact) mass is 685 g/mol. The summed E-state index contributed by atoms with van der Waals surface area (Å²) >= 11 is 2.69. The van der Waals surface area contributed by atoms with Crippen LogP contribution < -0.4 is 10.1 Å². The van der Waals surface area contributed by atoms with E-state index in [-0.39, 0.29) is 41.1 Å². The van der Waals surface area contributed by atoms with E-state index < -0.39 is 16.6 Å². The summed E-state index contributed by atoms with van der Waals surface area (Å²) in [4.78, 5) is 38.6. The Morgan fingerprint density at radius 1 is 1.08 bits per heavy atom. The Bertz CT molecular complexity index is 2000. The summed E-state index contributed by atoms with van der Waals surface area (Å²) in [5.41, 5.74) is 2.46. The summed E-state index contributed by atoms with van der Waals surface area (Å²) in [7, 11) is 1.60. The highest BCUT2D eigenvalue weighted by Crippen LogP contribution is 2.35. The number of nitrogens with zero attached hydrogens (tertiary/aromatic N) is 6. The first-order valence-corrected chi connectivity index (χ1v) is 16.5. The van der Waals surface area contributed by atoms with Gasteiger partial charge in [-0.05, 0) is 66.4 Å². The lowest BCUT2D eigenvalue weighted by Crippen LogP contribution is -2.28. The van der Waals surface area contributed by atoms with Gasteiger partial charge in [-0.15, -0.1) is 21.5 Å². The van der Waals surface area contributed by atoms with Crippen molar-refractivity contribution in [2.75, 3.05) is 12.9 Å². The van der Waals surface area contributed by atoms with Crippen LogP contribution in [0.25, 0.3) is 5.69 Å². The third kappa shape index (κ3) is 6.82. The van der Waals surface area contributed by atoms with Crippen LogP contribution in [0.4, 0.5) is 10.1 Å². The maximum atomic E-state index is 13.9. The minimum Gasteiger partial charge on any atom is -0.497 e. The molecule has 5 aromatic rings. The van der Waals surface area contributed by atoms with Gasteiger partial charge < -0.3 is 10.1 Å². The van der Waals surface area contributed by atoms with Crippen molar-refractivity contribution in [2.45, 2.75) is 31.1 Å². The zero-order valence-corrected chi connectivity index (χ0v) is 27.3. The number of hydrazone groups is 1. The van der Waals surface area contributed by atoms with Gasteiger partial charge in [0.05, 0.1) is 41.0 Å². The predicted molar refractivity (Wildman–Crippen MR) is 179 cm³/mol. The van der Waals surface area contributed by atoms with Crippen LogP contribution in [-0.2, 0) is 11.3 Å². The molecule has 1 N–H and O–H groups in total. The van der Waals surface area contributed by atoms with E-state index in [0.717, 1.165) is 27.9 Å². The Labute approximate surface area is 282 Å². The van der Waals surface area contributed by atoms with E-state index >= 15 is 0 Å². The van der Waals surface area contributed by atoms with Crippen molar-refractivity contribution in [3.63, 3.8) is 0 Å². The van der Waals surface area contributed by atoms with Gasteiger partial charge in [0.25, 0.3) is 17.5 Å². The van der Waals surface area contributed by atoms with Crippen molar-refractivity contribution in [3.8, 4) is 11.4 Å². The third-order valence-electron chi connectivity index (χ3n) is 7.74. The molecule has 1 aliphatic rings. The molecule has 0 saturated carbocycles. The fraction of sp³-hybridized carbons (Fsp3) is 0.182. The number of hydrogen-bond donors (Lipinski definition) is 1. The molecule has 1 aliphatic heterocycles. The van der Waals surface area contributed by atoms with Gasteiger partial charge in [-0.3, -0.25) is 24.3 Å². The van der Waals surface area contributed by atoms with Crippen LogP contribution in [0.1, 0.15) is 44.6 Å². The van der Waals surface area contributed by atoms with Gasteiger partial charge in [0.1, 0.15) is 11.6 Å². The first-order chi connectivity index (χ1) is 23.2. The van der Waals surface area contributed by atoms with Crippen molar-refractivity contribution in [1.82, 2.24) is 25.1 Å². The van der Waals surface area contributed by atoms with Gasteiger partial charge in [0, 0.05) is 29.3 Å².